The van der Waals surface area contributed by atoms with Crippen LogP contribution in [0.15, 0.2) is 18.2 Å². The number of aryl methyl sites for hydroxylation is 1. The summed E-state index contributed by atoms with van der Waals surface area (Å²) in [6.45, 7) is 3.19. The molecule has 0 atom stereocenters. The first-order chi connectivity index (χ1) is 9.43. The van der Waals surface area contributed by atoms with E-state index in [9.17, 15) is 8.42 Å². The lowest BCUT2D eigenvalue weighted by atomic mass is 10.1. The first-order valence-corrected chi connectivity index (χ1v) is 9.07. The molecule has 0 fully saturated rings. The van der Waals surface area contributed by atoms with E-state index in [2.05, 4.69) is 0 Å². The third kappa shape index (κ3) is 5.20. The second kappa shape index (κ2) is 8.17. The van der Waals surface area contributed by atoms with E-state index < -0.39 is 15.3 Å². The van der Waals surface area contributed by atoms with E-state index >= 15 is 0 Å². The minimum absolute atomic E-state index is 0.239. The van der Waals surface area contributed by atoms with Crippen LogP contribution in [-0.4, -0.2) is 38.5 Å². The smallest absolute Gasteiger partial charge is 0.323 e. The molecule has 0 spiro atoms. The summed E-state index contributed by atoms with van der Waals surface area (Å²) in [7, 11) is -3.73. The molecule has 0 saturated heterocycles. The van der Waals surface area contributed by atoms with Crippen LogP contribution in [0.25, 0.3) is 0 Å². The quantitative estimate of drug-likeness (QED) is 0.527. The SMILES string of the molecule is Cc1cc(OS(=O)(=O)CCl)ccc1N(CCCl)CCCl. The summed E-state index contributed by atoms with van der Waals surface area (Å²) in [5, 5.41) is -0.585. The highest BCUT2D eigenvalue weighted by molar-refractivity contribution is 7.88. The summed E-state index contributed by atoms with van der Waals surface area (Å²) in [5.41, 5.74) is 1.82. The first-order valence-electron chi connectivity index (χ1n) is 5.89. The molecule has 0 amide bonds. The van der Waals surface area contributed by atoms with E-state index in [1.54, 1.807) is 18.2 Å². The van der Waals surface area contributed by atoms with Crippen molar-refractivity contribution >= 4 is 50.6 Å². The summed E-state index contributed by atoms with van der Waals surface area (Å²) in [6, 6.07) is 5.02. The van der Waals surface area contributed by atoms with Crippen LogP contribution in [0.3, 0.4) is 0 Å². The molecule has 8 heteroatoms. The molecule has 1 aromatic rings. The molecule has 0 aliphatic carbocycles. The van der Waals surface area contributed by atoms with Gasteiger partial charge in [0.1, 0.15) is 5.75 Å². The molecule has 0 aliphatic rings. The molecule has 0 saturated carbocycles. The van der Waals surface area contributed by atoms with Crippen LogP contribution < -0.4 is 9.08 Å². The Hall–Kier alpha value is -0.360. The summed E-state index contributed by atoms with van der Waals surface area (Å²) in [4.78, 5) is 2.04. The summed E-state index contributed by atoms with van der Waals surface area (Å²) in [6.07, 6.45) is 0. The van der Waals surface area contributed by atoms with Crippen molar-refractivity contribution in [2.24, 2.45) is 0 Å². The van der Waals surface area contributed by atoms with Crippen LogP contribution in [0.4, 0.5) is 5.69 Å². The Labute approximate surface area is 134 Å². The maximum atomic E-state index is 11.3. The van der Waals surface area contributed by atoms with E-state index in [1.165, 1.54) is 0 Å². The summed E-state index contributed by atoms with van der Waals surface area (Å²) in [5.74, 6) is 1.20. The predicted molar refractivity (Wildman–Crippen MR) is 85.1 cm³/mol. The molecule has 0 N–H and O–H groups in total. The maximum absolute atomic E-state index is 11.3. The van der Waals surface area contributed by atoms with Gasteiger partial charge in [-0.15, -0.1) is 34.8 Å². The van der Waals surface area contributed by atoms with E-state index in [4.69, 9.17) is 39.0 Å². The van der Waals surface area contributed by atoms with E-state index in [-0.39, 0.29) is 5.75 Å². The highest BCUT2D eigenvalue weighted by atomic mass is 35.5. The standard InChI is InChI=1S/C12H16Cl3NO3S/c1-10-8-11(19-20(17,18)9-15)2-3-12(10)16(6-4-13)7-5-14/h2-3,8H,4-7,9H2,1H3. The van der Waals surface area contributed by atoms with E-state index in [0.29, 0.717) is 24.8 Å². The molecular formula is C12H16Cl3NO3S. The lowest BCUT2D eigenvalue weighted by Gasteiger charge is -2.25. The largest absolute Gasteiger partial charge is 0.382 e. The first kappa shape index (κ1) is 17.7. The fraction of sp³-hybridized carbons (Fsp3) is 0.500. The molecule has 0 aromatic heterocycles. The molecule has 0 aliphatic heterocycles. The molecule has 4 nitrogen and oxygen atoms in total. The lowest BCUT2D eigenvalue weighted by Crippen LogP contribution is -2.28. The van der Waals surface area contributed by atoms with Crippen molar-refractivity contribution in [1.82, 2.24) is 0 Å². The number of alkyl halides is 3. The second-order valence-corrected chi connectivity index (χ2v) is 6.97. The van der Waals surface area contributed by atoms with Gasteiger partial charge in [-0.2, -0.15) is 8.42 Å². The van der Waals surface area contributed by atoms with Crippen LogP contribution in [0.5, 0.6) is 5.75 Å². The molecule has 114 valence electrons. The number of benzene rings is 1. The minimum Gasteiger partial charge on any atom is -0.382 e. The molecule has 0 bridgehead atoms. The monoisotopic (exact) mass is 359 g/mol. The zero-order valence-corrected chi connectivity index (χ0v) is 14.1. The van der Waals surface area contributed by atoms with Gasteiger partial charge in [0.05, 0.1) is 0 Å². The predicted octanol–water partition coefficient (Wildman–Crippen LogP) is 3.18. The Kier molecular flexibility index (Phi) is 7.23. The van der Waals surface area contributed by atoms with Gasteiger partial charge >= 0.3 is 10.1 Å². The van der Waals surface area contributed by atoms with Crippen LogP contribution in [-0.2, 0) is 10.1 Å². The van der Waals surface area contributed by atoms with E-state index in [1.807, 2.05) is 11.8 Å². The number of hydrogen-bond acceptors (Lipinski definition) is 4. The van der Waals surface area contributed by atoms with Gasteiger partial charge in [-0.1, -0.05) is 0 Å². The fourth-order valence-electron chi connectivity index (χ4n) is 1.76. The van der Waals surface area contributed by atoms with Gasteiger partial charge in [-0.25, -0.2) is 0 Å². The fourth-order valence-corrected chi connectivity index (χ4v) is 2.74. The molecule has 1 aromatic carbocycles. The van der Waals surface area contributed by atoms with Crippen molar-refractivity contribution in [1.29, 1.82) is 0 Å². The number of nitrogens with zero attached hydrogens (tertiary/aromatic N) is 1. The van der Waals surface area contributed by atoms with Gasteiger partial charge < -0.3 is 9.08 Å². The average Bonchev–Trinajstić information content (AvgIpc) is 2.38. The number of halogens is 3. The van der Waals surface area contributed by atoms with Crippen LogP contribution in [0.1, 0.15) is 5.56 Å². The Balaban J connectivity index is 2.97. The van der Waals surface area contributed by atoms with Gasteiger partial charge in [-0.3, -0.25) is 0 Å². The normalized spacial score (nSPS) is 11.4. The summed E-state index contributed by atoms with van der Waals surface area (Å²) < 4.78 is 27.5. The minimum atomic E-state index is -3.73. The van der Waals surface area contributed by atoms with Crippen LogP contribution in [0, 0.1) is 6.92 Å². The Morgan fingerprint density at radius 3 is 2.20 bits per heavy atom. The van der Waals surface area contributed by atoms with Crippen LogP contribution in [0.2, 0.25) is 0 Å². The highest BCUT2D eigenvalue weighted by Crippen LogP contribution is 2.26. The van der Waals surface area contributed by atoms with Gasteiger partial charge in [0.15, 0.2) is 5.21 Å². The van der Waals surface area contributed by atoms with Crippen molar-refractivity contribution in [3.05, 3.63) is 23.8 Å². The van der Waals surface area contributed by atoms with Crippen molar-refractivity contribution in [3.8, 4) is 5.75 Å². The molecule has 1 rings (SSSR count). The lowest BCUT2D eigenvalue weighted by molar-refractivity contribution is 0.491. The van der Waals surface area contributed by atoms with E-state index in [0.717, 1.165) is 11.3 Å². The molecule has 0 heterocycles. The van der Waals surface area contributed by atoms with Crippen molar-refractivity contribution in [3.63, 3.8) is 0 Å². The zero-order valence-electron chi connectivity index (χ0n) is 11.0. The topological polar surface area (TPSA) is 46.6 Å². The Morgan fingerprint density at radius 2 is 1.75 bits per heavy atom. The van der Waals surface area contributed by atoms with Gasteiger partial charge in [0.2, 0.25) is 0 Å². The van der Waals surface area contributed by atoms with Gasteiger partial charge in [-0.05, 0) is 30.7 Å². The van der Waals surface area contributed by atoms with Gasteiger partial charge in [0.25, 0.3) is 0 Å². The highest BCUT2D eigenvalue weighted by Gasteiger charge is 2.13. The second-order valence-electron chi connectivity index (χ2n) is 4.06. The molecule has 0 radical (unpaired) electrons. The zero-order chi connectivity index (χ0) is 15.2. The molecule has 20 heavy (non-hydrogen) atoms. The molecule has 0 unspecified atom stereocenters. The number of anilines is 1. The van der Waals surface area contributed by atoms with Gasteiger partial charge in [0, 0.05) is 30.5 Å². The van der Waals surface area contributed by atoms with Crippen molar-refractivity contribution in [2.45, 2.75) is 6.92 Å². The average molecular weight is 361 g/mol. The summed E-state index contributed by atoms with van der Waals surface area (Å²) >= 11 is 16.8. The van der Waals surface area contributed by atoms with Crippen LogP contribution >= 0.6 is 34.8 Å². The third-order valence-corrected chi connectivity index (χ3v) is 4.43. The van der Waals surface area contributed by atoms with Crippen molar-refractivity contribution < 1.29 is 12.6 Å². The maximum Gasteiger partial charge on any atom is 0.323 e. The number of rotatable bonds is 8. The Morgan fingerprint density at radius 1 is 1.15 bits per heavy atom. The van der Waals surface area contributed by atoms with Crippen molar-refractivity contribution in [2.75, 3.05) is 35.0 Å². The number of hydrogen-bond donors (Lipinski definition) is 0. The molecular weight excluding hydrogens is 345 g/mol. The Bertz CT molecular complexity index is 531. The third-order valence-electron chi connectivity index (χ3n) is 2.57.